The van der Waals surface area contributed by atoms with Crippen LogP contribution in [0.5, 0.6) is 11.5 Å². The Kier molecular flexibility index (Phi) is 5.65. The highest BCUT2D eigenvalue weighted by Crippen LogP contribution is 2.28. The molecule has 2 unspecified atom stereocenters. The van der Waals surface area contributed by atoms with Crippen molar-refractivity contribution in [2.45, 2.75) is 38.8 Å². The Bertz CT molecular complexity index is 442. The zero-order chi connectivity index (χ0) is 14.3. The van der Waals surface area contributed by atoms with E-state index in [1.54, 1.807) is 7.11 Å². The van der Waals surface area contributed by atoms with E-state index in [2.05, 4.69) is 11.4 Å². The molecule has 1 aromatic carbocycles. The summed E-state index contributed by atoms with van der Waals surface area (Å²) in [5.41, 5.74) is -0.573. The van der Waals surface area contributed by atoms with Crippen LogP contribution in [-0.4, -0.2) is 25.3 Å². The first kappa shape index (κ1) is 15.3. The number of methoxy groups -OCH3 is 1. The summed E-state index contributed by atoms with van der Waals surface area (Å²) < 4.78 is 11.1. The van der Waals surface area contributed by atoms with Crippen LogP contribution in [0.1, 0.15) is 27.2 Å². The first-order chi connectivity index (χ1) is 9.04. The van der Waals surface area contributed by atoms with Crippen molar-refractivity contribution in [1.82, 2.24) is 5.32 Å². The molecule has 0 amide bonds. The Balaban J connectivity index is 2.69. The van der Waals surface area contributed by atoms with Gasteiger partial charge in [-0.1, -0.05) is 19.1 Å². The average molecular weight is 262 g/mol. The molecule has 1 N–H and O–H groups in total. The van der Waals surface area contributed by atoms with Gasteiger partial charge in [0.05, 0.1) is 19.3 Å². The Morgan fingerprint density at radius 1 is 1.37 bits per heavy atom. The van der Waals surface area contributed by atoms with Crippen LogP contribution in [0.4, 0.5) is 0 Å². The smallest absolute Gasteiger partial charge is 0.161 e. The number of ether oxygens (including phenoxy) is 2. The molecule has 1 aromatic rings. The fraction of sp³-hybridized carbons (Fsp3) is 0.533. The molecular weight excluding hydrogens is 240 g/mol. The number of hydrogen-bond donors (Lipinski definition) is 1. The van der Waals surface area contributed by atoms with Crippen molar-refractivity contribution in [3.05, 3.63) is 24.3 Å². The second kappa shape index (κ2) is 7.01. The molecule has 0 saturated carbocycles. The molecule has 0 aliphatic heterocycles. The maximum absolute atomic E-state index is 9.24. The van der Waals surface area contributed by atoms with Gasteiger partial charge in [0.1, 0.15) is 5.54 Å². The van der Waals surface area contributed by atoms with E-state index in [9.17, 15) is 5.26 Å². The zero-order valence-electron chi connectivity index (χ0n) is 12.1. The number of rotatable bonds is 7. The van der Waals surface area contributed by atoms with Gasteiger partial charge in [0.25, 0.3) is 0 Å². The van der Waals surface area contributed by atoms with Crippen LogP contribution >= 0.6 is 0 Å². The molecule has 19 heavy (non-hydrogen) atoms. The van der Waals surface area contributed by atoms with E-state index in [0.717, 1.165) is 6.54 Å². The van der Waals surface area contributed by atoms with Gasteiger partial charge in [-0.05, 0) is 32.5 Å². The van der Waals surface area contributed by atoms with E-state index in [1.165, 1.54) is 0 Å². The van der Waals surface area contributed by atoms with Crippen LogP contribution in [0.3, 0.4) is 0 Å². The second-order valence-electron chi connectivity index (χ2n) is 4.76. The van der Waals surface area contributed by atoms with Gasteiger partial charge in [-0.15, -0.1) is 0 Å². The van der Waals surface area contributed by atoms with Gasteiger partial charge < -0.3 is 9.47 Å². The van der Waals surface area contributed by atoms with Gasteiger partial charge >= 0.3 is 0 Å². The lowest BCUT2D eigenvalue weighted by atomic mass is 9.96. The molecule has 104 valence electrons. The fourth-order valence-electron chi connectivity index (χ4n) is 2.10. The third-order valence-electron chi connectivity index (χ3n) is 2.91. The molecule has 0 aliphatic rings. The number of benzene rings is 1. The highest BCUT2D eigenvalue weighted by atomic mass is 16.5. The molecule has 4 heteroatoms. The quantitative estimate of drug-likeness (QED) is 0.821. The molecule has 0 aliphatic carbocycles. The summed E-state index contributed by atoms with van der Waals surface area (Å²) in [7, 11) is 1.62. The Morgan fingerprint density at radius 2 is 2.00 bits per heavy atom. The number of para-hydroxylation sites is 2. The summed E-state index contributed by atoms with van der Waals surface area (Å²) >= 11 is 0. The monoisotopic (exact) mass is 262 g/mol. The minimum Gasteiger partial charge on any atom is -0.493 e. The summed E-state index contributed by atoms with van der Waals surface area (Å²) in [5.74, 6) is 1.41. The van der Waals surface area contributed by atoms with Crippen LogP contribution in [0.15, 0.2) is 24.3 Å². The van der Waals surface area contributed by atoms with Crippen molar-refractivity contribution >= 4 is 0 Å². The number of nitrogens with zero attached hydrogens (tertiary/aromatic N) is 1. The van der Waals surface area contributed by atoms with E-state index in [0.29, 0.717) is 17.9 Å². The van der Waals surface area contributed by atoms with Crippen LogP contribution in [0.25, 0.3) is 0 Å². The first-order valence-corrected chi connectivity index (χ1v) is 6.50. The van der Waals surface area contributed by atoms with Crippen molar-refractivity contribution < 1.29 is 9.47 Å². The maximum atomic E-state index is 9.24. The first-order valence-electron chi connectivity index (χ1n) is 6.50. The van der Waals surface area contributed by atoms with Crippen LogP contribution in [-0.2, 0) is 0 Å². The van der Waals surface area contributed by atoms with Gasteiger partial charge in [-0.3, -0.25) is 5.32 Å². The summed E-state index contributed by atoms with van der Waals surface area (Å²) in [6.07, 6.45) is 0.523. The highest BCUT2D eigenvalue weighted by Gasteiger charge is 2.26. The number of nitriles is 1. The molecule has 0 heterocycles. The molecule has 1 rings (SSSR count). The number of nitrogens with one attached hydrogen (secondary N) is 1. The second-order valence-corrected chi connectivity index (χ2v) is 4.76. The van der Waals surface area contributed by atoms with Crippen molar-refractivity contribution in [1.29, 1.82) is 5.26 Å². The van der Waals surface area contributed by atoms with Crippen molar-refractivity contribution in [3.8, 4) is 17.6 Å². The van der Waals surface area contributed by atoms with Gasteiger partial charge in [0.15, 0.2) is 11.5 Å². The van der Waals surface area contributed by atoms with Crippen LogP contribution in [0.2, 0.25) is 0 Å². The predicted octanol–water partition coefficient (Wildman–Crippen LogP) is 2.74. The SMILES string of the molecule is CCNC(C)(C#N)CC(C)Oc1ccccc1OC. The Hall–Kier alpha value is -1.73. The van der Waals surface area contributed by atoms with Gasteiger partial charge in [0.2, 0.25) is 0 Å². The number of hydrogen-bond acceptors (Lipinski definition) is 4. The van der Waals surface area contributed by atoms with E-state index in [1.807, 2.05) is 45.0 Å². The van der Waals surface area contributed by atoms with Gasteiger partial charge in [-0.25, -0.2) is 0 Å². The molecular formula is C15H22N2O2. The molecule has 0 radical (unpaired) electrons. The third-order valence-corrected chi connectivity index (χ3v) is 2.91. The largest absolute Gasteiger partial charge is 0.493 e. The minimum absolute atomic E-state index is 0.0833. The third kappa shape index (κ3) is 4.46. The lowest BCUT2D eigenvalue weighted by molar-refractivity contribution is 0.174. The summed E-state index contributed by atoms with van der Waals surface area (Å²) in [4.78, 5) is 0. The normalized spacial score (nSPS) is 15.1. The standard InChI is InChI=1S/C15H22N2O2/c1-5-17-15(3,11-16)10-12(2)19-14-9-7-6-8-13(14)18-4/h6-9,12,17H,5,10H2,1-4H3. The summed E-state index contributed by atoms with van der Waals surface area (Å²) in [6, 6.07) is 9.82. The highest BCUT2D eigenvalue weighted by molar-refractivity contribution is 5.39. The van der Waals surface area contributed by atoms with Gasteiger partial charge in [-0.2, -0.15) is 5.26 Å². The molecule has 0 bridgehead atoms. The lowest BCUT2D eigenvalue weighted by Crippen LogP contribution is -2.44. The Labute approximate surface area is 115 Å². The maximum Gasteiger partial charge on any atom is 0.161 e. The fourth-order valence-corrected chi connectivity index (χ4v) is 2.10. The molecule has 0 saturated heterocycles. The van der Waals surface area contributed by atoms with Crippen LogP contribution < -0.4 is 14.8 Å². The Morgan fingerprint density at radius 3 is 2.53 bits per heavy atom. The minimum atomic E-state index is -0.573. The summed E-state index contributed by atoms with van der Waals surface area (Å²) in [6.45, 7) is 6.59. The lowest BCUT2D eigenvalue weighted by Gasteiger charge is -2.26. The van der Waals surface area contributed by atoms with Crippen molar-refractivity contribution in [3.63, 3.8) is 0 Å². The van der Waals surface area contributed by atoms with E-state index >= 15 is 0 Å². The average Bonchev–Trinajstić information content (AvgIpc) is 2.39. The molecule has 4 nitrogen and oxygen atoms in total. The van der Waals surface area contributed by atoms with Crippen LogP contribution in [0, 0.1) is 11.3 Å². The van der Waals surface area contributed by atoms with Gasteiger partial charge in [0, 0.05) is 6.42 Å². The van der Waals surface area contributed by atoms with Crippen molar-refractivity contribution in [2.24, 2.45) is 0 Å². The molecule has 0 fully saturated rings. The molecule has 2 atom stereocenters. The van der Waals surface area contributed by atoms with E-state index in [4.69, 9.17) is 9.47 Å². The predicted molar refractivity (Wildman–Crippen MR) is 75.4 cm³/mol. The summed E-state index contributed by atoms with van der Waals surface area (Å²) in [5, 5.41) is 12.4. The topological polar surface area (TPSA) is 54.3 Å². The zero-order valence-corrected chi connectivity index (χ0v) is 12.1. The van der Waals surface area contributed by atoms with E-state index in [-0.39, 0.29) is 6.10 Å². The molecule has 0 spiro atoms. The van der Waals surface area contributed by atoms with E-state index < -0.39 is 5.54 Å². The van der Waals surface area contributed by atoms with Crippen molar-refractivity contribution in [2.75, 3.05) is 13.7 Å². The molecule has 0 aromatic heterocycles.